The van der Waals surface area contributed by atoms with Crippen LogP contribution in [-0.4, -0.2) is 38.9 Å². The molecule has 0 aromatic rings. The van der Waals surface area contributed by atoms with Gasteiger partial charge in [-0.15, -0.1) is 0 Å². The lowest BCUT2D eigenvalue weighted by Gasteiger charge is -2.24. The summed E-state index contributed by atoms with van der Waals surface area (Å²) in [5, 5.41) is 27.9. The molecule has 0 saturated heterocycles. The first kappa shape index (κ1) is 9.11. The highest BCUT2D eigenvalue weighted by Crippen LogP contribution is 2.81. The number of nitrogens with two attached hydrogens (primary N) is 1. The van der Waals surface area contributed by atoms with Crippen molar-refractivity contribution in [1.29, 1.82) is 0 Å². The minimum Gasteiger partial charge on any atom is -0.481 e. The summed E-state index contributed by atoms with van der Waals surface area (Å²) in [5.74, 6) is -3.88. The number of hydrogen-bond acceptors (Lipinski definition) is 4. The average Bonchev–Trinajstić information content (AvgIpc) is 2.52. The number of hydrogen-bond donors (Lipinski definition) is 4. The van der Waals surface area contributed by atoms with E-state index in [0.29, 0.717) is 0 Å². The molecule has 82 valence electrons. The maximum Gasteiger partial charge on any atom is 0.324 e. The van der Waals surface area contributed by atoms with Crippen LogP contribution in [0.1, 0.15) is 6.42 Å². The zero-order chi connectivity index (χ0) is 11.2. The Balaban J connectivity index is 2.10. The first-order valence-corrected chi connectivity index (χ1v) is 4.82. The third-order valence-corrected chi connectivity index (χ3v) is 4.63. The highest BCUT2D eigenvalue weighted by Gasteiger charge is 2.92. The molecule has 6 unspecified atom stereocenters. The quantitative estimate of drug-likeness (QED) is 0.442. The first-order chi connectivity index (χ1) is 6.88. The van der Waals surface area contributed by atoms with Crippen molar-refractivity contribution in [2.24, 2.45) is 28.9 Å². The van der Waals surface area contributed by atoms with Crippen LogP contribution in [0.3, 0.4) is 0 Å². The van der Waals surface area contributed by atoms with Crippen molar-refractivity contribution < 1.29 is 24.9 Å². The highest BCUT2D eigenvalue weighted by atomic mass is 16.4. The molecule has 0 radical (unpaired) electrons. The number of aliphatic hydroxyl groups excluding tert-OH is 1. The molecule has 0 aromatic heterocycles. The molecule has 4 bridgehead atoms. The third kappa shape index (κ3) is 0.610. The van der Waals surface area contributed by atoms with Gasteiger partial charge >= 0.3 is 11.9 Å². The topological polar surface area (TPSA) is 121 Å². The van der Waals surface area contributed by atoms with Crippen molar-refractivity contribution in [2.75, 3.05) is 0 Å². The fraction of sp³-hybridized carbons (Fsp3) is 0.778. The Morgan fingerprint density at radius 2 is 1.87 bits per heavy atom. The molecular weight excluding hydrogens is 202 g/mol. The Morgan fingerprint density at radius 1 is 1.27 bits per heavy atom. The molecule has 6 atom stereocenters. The molecule has 4 rings (SSSR count). The number of rotatable bonds is 2. The second kappa shape index (κ2) is 2.03. The number of aliphatic hydroxyl groups is 1. The number of aliphatic carboxylic acids is 2. The van der Waals surface area contributed by atoms with Gasteiger partial charge in [-0.1, -0.05) is 0 Å². The van der Waals surface area contributed by atoms with E-state index in [4.69, 9.17) is 15.9 Å². The number of carboxylic acids is 2. The maximum absolute atomic E-state index is 11.1. The van der Waals surface area contributed by atoms with Crippen LogP contribution in [0.5, 0.6) is 0 Å². The summed E-state index contributed by atoms with van der Waals surface area (Å²) in [4.78, 5) is 22.2. The minimum atomic E-state index is -1.54. The molecule has 4 aliphatic carbocycles. The molecule has 0 spiro atoms. The van der Waals surface area contributed by atoms with E-state index in [1.165, 1.54) is 0 Å². The zero-order valence-corrected chi connectivity index (χ0v) is 7.75. The smallest absolute Gasteiger partial charge is 0.324 e. The second-order valence-electron chi connectivity index (χ2n) is 4.89. The van der Waals surface area contributed by atoms with Crippen LogP contribution < -0.4 is 5.73 Å². The molecule has 0 aliphatic heterocycles. The molecular formula is C9H11NO5. The van der Waals surface area contributed by atoms with Gasteiger partial charge in [0.05, 0.1) is 11.5 Å². The van der Waals surface area contributed by atoms with Gasteiger partial charge < -0.3 is 21.1 Å². The molecule has 4 aliphatic rings. The fourth-order valence-corrected chi connectivity index (χ4v) is 4.03. The molecule has 15 heavy (non-hydrogen) atoms. The lowest BCUT2D eigenvalue weighted by atomic mass is 9.89. The predicted molar refractivity (Wildman–Crippen MR) is 45.7 cm³/mol. The summed E-state index contributed by atoms with van der Waals surface area (Å²) < 4.78 is 0. The lowest BCUT2D eigenvalue weighted by Crippen LogP contribution is -2.53. The van der Waals surface area contributed by atoms with E-state index < -0.39 is 46.8 Å². The average molecular weight is 213 g/mol. The summed E-state index contributed by atoms with van der Waals surface area (Å²) in [6.45, 7) is 0. The van der Waals surface area contributed by atoms with Crippen molar-refractivity contribution >= 4 is 11.9 Å². The summed E-state index contributed by atoms with van der Waals surface area (Å²) in [6, 6.07) is 0. The van der Waals surface area contributed by atoms with Crippen molar-refractivity contribution in [3.63, 3.8) is 0 Å². The van der Waals surface area contributed by atoms with Crippen molar-refractivity contribution in [3.05, 3.63) is 0 Å². The normalized spacial score (nSPS) is 59.3. The molecule has 6 heteroatoms. The van der Waals surface area contributed by atoms with Crippen LogP contribution in [-0.2, 0) is 9.59 Å². The highest BCUT2D eigenvalue weighted by molar-refractivity contribution is 5.91. The van der Waals surface area contributed by atoms with E-state index in [9.17, 15) is 14.7 Å². The zero-order valence-electron chi connectivity index (χ0n) is 7.75. The summed E-state index contributed by atoms with van der Waals surface area (Å²) in [6.07, 6.45) is -0.672. The van der Waals surface area contributed by atoms with E-state index in [0.717, 1.165) is 0 Å². The number of carboxylic acid groups (broad SMARTS) is 2. The van der Waals surface area contributed by atoms with Crippen molar-refractivity contribution in [3.8, 4) is 0 Å². The van der Waals surface area contributed by atoms with Gasteiger partial charge in [0.15, 0.2) is 0 Å². The SMILES string of the molecule is NC1(C(=O)O)C2CC3(C(=O)O)C(C2O)C13. The largest absolute Gasteiger partial charge is 0.481 e. The molecule has 5 N–H and O–H groups in total. The maximum atomic E-state index is 11.1. The Labute approximate surface area is 84.7 Å². The van der Waals surface area contributed by atoms with Gasteiger partial charge in [0, 0.05) is 17.8 Å². The van der Waals surface area contributed by atoms with Gasteiger partial charge in [0.25, 0.3) is 0 Å². The van der Waals surface area contributed by atoms with Gasteiger partial charge in [-0.25, -0.2) is 0 Å². The van der Waals surface area contributed by atoms with E-state index >= 15 is 0 Å². The van der Waals surface area contributed by atoms with E-state index in [-0.39, 0.29) is 6.42 Å². The molecule has 0 heterocycles. The summed E-state index contributed by atoms with van der Waals surface area (Å²) in [7, 11) is 0. The minimum absolute atomic E-state index is 0.196. The van der Waals surface area contributed by atoms with Crippen LogP contribution >= 0.6 is 0 Å². The standard InChI is InChI=1S/C9H11NO5/c10-9(7(14)15)2-1-8(6(12)13)3(4(2)11)5(8)9/h2-5,11H,1,10H2,(H,12,13)(H,14,15). The molecule has 0 amide bonds. The van der Waals surface area contributed by atoms with Gasteiger partial charge in [-0.3, -0.25) is 9.59 Å². The Morgan fingerprint density at radius 3 is 2.13 bits per heavy atom. The monoisotopic (exact) mass is 213 g/mol. The van der Waals surface area contributed by atoms with Crippen LogP contribution in [0.25, 0.3) is 0 Å². The van der Waals surface area contributed by atoms with E-state index in [1.54, 1.807) is 0 Å². The van der Waals surface area contributed by atoms with E-state index in [1.807, 2.05) is 0 Å². The van der Waals surface area contributed by atoms with Gasteiger partial charge in [-0.2, -0.15) is 0 Å². The van der Waals surface area contributed by atoms with Gasteiger partial charge in [0.1, 0.15) is 5.54 Å². The van der Waals surface area contributed by atoms with Gasteiger partial charge in [-0.05, 0) is 6.42 Å². The lowest BCUT2D eigenvalue weighted by molar-refractivity contribution is -0.146. The molecule has 4 saturated carbocycles. The van der Waals surface area contributed by atoms with Crippen LogP contribution in [0.4, 0.5) is 0 Å². The summed E-state index contributed by atoms with van der Waals surface area (Å²) in [5.41, 5.74) is 3.17. The summed E-state index contributed by atoms with van der Waals surface area (Å²) >= 11 is 0. The Bertz CT molecular complexity index is 396. The van der Waals surface area contributed by atoms with Crippen molar-refractivity contribution in [1.82, 2.24) is 0 Å². The van der Waals surface area contributed by atoms with Crippen LogP contribution in [0, 0.1) is 23.2 Å². The van der Waals surface area contributed by atoms with Gasteiger partial charge in [0.2, 0.25) is 0 Å². The second-order valence-corrected chi connectivity index (χ2v) is 4.89. The number of carbonyl (C=O) groups is 2. The third-order valence-electron chi connectivity index (χ3n) is 4.63. The van der Waals surface area contributed by atoms with Crippen molar-refractivity contribution in [2.45, 2.75) is 18.1 Å². The Hall–Kier alpha value is -1.14. The van der Waals surface area contributed by atoms with E-state index in [2.05, 4.69) is 0 Å². The van der Waals surface area contributed by atoms with Crippen LogP contribution in [0.2, 0.25) is 0 Å². The molecule has 6 nitrogen and oxygen atoms in total. The fourth-order valence-electron chi connectivity index (χ4n) is 4.03. The van der Waals surface area contributed by atoms with Crippen LogP contribution in [0.15, 0.2) is 0 Å². The molecule has 4 fully saturated rings. The molecule has 0 aromatic carbocycles. The first-order valence-electron chi connectivity index (χ1n) is 4.82. The Kier molecular flexibility index (Phi) is 1.23. The predicted octanol–water partition coefficient (Wildman–Crippen LogP) is -1.52.